The number of amides is 1. The topological polar surface area (TPSA) is 86.7 Å². The lowest BCUT2D eigenvalue weighted by Crippen LogP contribution is -2.44. The Hall–Kier alpha value is -2.22. The van der Waals surface area contributed by atoms with Gasteiger partial charge in [-0.3, -0.25) is 4.79 Å². The fourth-order valence-electron chi connectivity index (χ4n) is 4.86. The van der Waals surface area contributed by atoms with Crippen molar-refractivity contribution in [3.63, 3.8) is 0 Å². The maximum atomic E-state index is 13.4. The van der Waals surface area contributed by atoms with E-state index in [2.05, 4.69) is 5.32 Å². The first-order valence-electron chi connectivity index (χ1n) is 11.5. The zero-order valence-electron chi connectivity index (χ0n) is 18.5. The summed E-state index contributed by atoms with van der Waals surface area (Å²) in [6.45, 7) is 2.25. The molecule has 2 aliphatic rings. The molecule has 3 unspecified atom stereocenters. The van der Waals surface area contributed by atoms with Crippen molar-refractivity contribution in [1.29, 1.82) is 0 Å². The van der Waals surface area contributed by atoms with Gasteiger partial charge in [-0.1, -0.05) is 42.5 Å². The molecule has 2 fully saturated rings. The van der Waals surface area contributed by atoms with Crippen LogP contribution in [-0.4, -0.2) is 41.9 Å². The summed E-state index contributed by atoms with van der Waals surface area (Å²) in [4.78, 5) is 12.6. The number of hydrogen-bond donors (Lipinski definition) is 2. The first kappa shape index (κ1) is 23.0. The molecular weight excluding hydrogens is 424 g/mol. The minimum absolute atomic E-state index is 0.000175. The summed E-state index contributed by atoms with van der Waals surface area (Å²) in [5.41, 5.74) is 2.24. The molecule has 0 spiro atoms. The molecule has 0 aromatic heterocycles. The average molecular weight is 457 g/mol. The van der Waals surface area contributed by atoms with Gasteiger partial charge in [0.15, 0.2) is 0 Å². The summed E-state index contributed by atoms with van der Waals surface area (Å²) in [5, 5.41) is 12.3. The van der Waals surface area contributed by atoms with E-state index in [4.69, 9.17) is 0 Å². The van der Waals surface area contributed by atoms with E-state index < -0.39 is 15.3 Å². The Morgan fingerprint density at radius 3 is 2.44 bits per heavy atom. The third-order valence-electron chi connectivity index (χ3n) is 6.73. The smallest absolute Gasteiger partial charge is 0.251 e. The van der Waals surface area contributed by atoms with Crippen molar-refractivity contribution in [2.45, 2.75) is 75.4 Å². The second-order valence-electron chi connectivity index (χ2n) is 9.10. The van der Waals surface area contributed by atoms with E-state index in [1.165, 1.54) is 0 Å². The van der Waals surface area contributed by atoms with Crippen LogP contribution in [0.15, 0.2) is 54.6 Å². The molecule has 32 heavy (non-hydrogen) atoms. The molecule has 2 N–H and O–H groups in total. The van der Waals surface area contributed by atoms with Crippen molar-refractivity contribution in [1.82, 2.24) is 9.62 Å². The van der Waals surface area contributed by atoms with Gasteiger partial charge in [-0.2, -0.15) is 4.31 Å². The van der Waals surface area contributed by atoms with Crippen LogP contribution < -0.4 is 5.32 Å². The minimum Gasteiger partial charge on any atom is -0.393 e. The quantitative estimate of drug-likeness (QED) is 0.717. The molecule has 7 heteroatoms. The number of benzene rings is 2. The van der Waals surface area contributed by atoms with Gasteiger partial charge in [0.05, 0.1) is 6.10 Å². The summed E-state index contributed by atoms with van der Waals surface area (Å²) < 4.78 is 28.4. The van der Waals surface area contributed by atoms with Gasteiger partial charge in [-0.25, -0.2) is 8.42 Å². The summed E-state index contributed by atoms with van der Waals surface area (Å²) in [5.74, 6) is -0.154. The summed E-state index contributed by atoms with van der Waals surface area (Å²) in [7, 11) is -3.49. The van der Waals surface area contributed by atoms with Gasteiger partial charge < -0.3 is 10.4 Å². The summed E-state index contributed by atoms with van der Waals surface area (Å²) in [6, 6.07) is 16.5. The first-order valence-corrected chi connectivity index (χ1v) is 13.0. The van der Waals surface area contributed by atoms with E-state index >= 15 is 0 Å². The van der Waals surface area contributed by atoms with E-state index in [-0.39, 0.29) is 24.1 Å². The molecule has 1 saturated carbocycles. The average Bonchev–Trinajstić information content (AvgIpc) is 2.77. The first-order chi connectivity index (χ1) is 15.3. The molecule has 1 saturated heterocycles. The number of nitrogens with zero attached hydrogens (tertiary/aromatic N) is 1. The van der Waals surface area contributed by atoms with E-state index in [1.807, 2.05) is 49.4 Å². The Balaban J connectivity index is 1.44. The molecule has 1 aliphatic heterocycles. The molecule has 2 aromatic rings. The van der Waals surface area contributed by atoms with Gasteiger partial charge >= 0.3 is 0 Å². The number of aliphatic hydroxyl groups excluding tert-OH is 1. The van der Waals surface area contributed by atoms with E-state index in [9.17, 15) is 18.3 Å². The lowest BCUT2D eigenvalue weighted by atomic mass is 9.93. The number of carbonyl (C=O) groups excluding carboxylic acids is 1. The van der Waals surface area contributed by atoms with Crippen molar-refractivity contribution >= 4 is 15.9 Å². The van der Waals surface area contributed by atoms with Crippen LogP contribution in [0.5, 0.6) is 0 Å². The van der Waals surface area contributed by atoms with Crippen molar-refractivity contribution in [3.8, 4) is 0 Å². The number of rotatable bonds is 5. The van der Waals surface area contributed by atoms with Crippen molar-refractivity contribution < 1.29 is 18.3 Å². The fourth-order valence-corrected chi connectivity index (χ4v) is 7.06. The number of aliphatic hydroxyl groups is 1. The zero-order valence-corrected chi connectivity index (χ0v) is 19.3. The summed E-state index contributed by atoms with van der Waals surface area (Å²) in [6.07, 6.45) is 4.28. The molecule has 0 radical (unpaired) electrons. The van der Waals surface area contributed by atoms with Gasteiger partial charge in [0.2, 0.25) is 10.0 Å². The maximum Gasteiger partial charge on any atom is 0.251 e. The predicted molar refractivity (Wildman–Crippen MR) is 125 cm³/mol. The Labute approximate surface area is 190 Å². The fraction of sp³-hybridized carbons (Fsp3) is 0.480. The lowest BCUT2D eigenvalue weighted by Gasteiger charge is -2.37. The minimum atomic E-state index is -3.49. The van der Waals surface area contributed by atoms with Crippen molar-refractivity contribution in [2.75, 3.05) is 0 Å². The van der Waals surface area contributed by atoms with Crippen LogP contribution >= 0.6 is 0 Å². The highest BCUT2D eigenvalue weighted by atomic mass is 32.2. The van der Waals surface area contributed by atoms with Crippen LogP contribution in [0.1, 0.15) is 72.2 Å². The molecule has 0 bridgehead atoms. The SMILES string of the molecule is C[C@H]1CCC(c2ccccc2)S(=O)(=O)N1Cc1ccc(C(=O)NC2CCCC(O)C2)cc1. The highest BCUT2D eigenvalue weighted by Gasteiger charge is 2.40. The predicted octanol–water partition coefficient (Wildman–Crippen LogP) is 3.78. The number of nitrogens with one attached hydrogen (secondary N) is 1. The van der Waals surface area contributed by atoms with Gasteiger partial charge in [0, 0.05) is 24.2 Å². The van der Waals surface area contributed by atoms with E-state index in [1.54, 1.807) is 16.4 Å². The molecule has 1 heterocycles. The molecule has 1 amide bonds. The van der Waals surface area contributed by atoms with Gasteiger partial charge in [0.25, 0.3) is 5.91 Å². The van der Waals surface area contributed by atoms with Crippen LogP contribution in [0.25, 0.3) is 0 Å². The molecular formula is C25H32N2O4S. The number of sulfonamides is 1. The highest BCUT2D eigenvalue weighted by Crippen LogP contribution is 2.38. The largest absolute Gasteiger partial charge is 0.393 e. The molecule has 172 valence electrons. The third-order valence-corrected chi connectivity index (χ3v) is 9.10. The molecule has 4 atom stereocenters. The Bertz CT molecular complexity index is 1020. The molecule has 2 aromatic carbocycles. The van der Waals surface area contributed by atoms with Gasteiger partial charge in [-0.05, 0) is 68.7 Å². The Morgan fingerprint density at radius 1 is 1.03 bits per heavy atom. The number of hydrogen-bond acceptors (Lipinski definition) is 4. The van der Waals surface area contributed by atoms with Crippen molar-refractivity contribution in [3.05, 3.63) is 71.3 Å². The number of carbonyl (C=O) groups is 1. The van der Waals surface area contributed by atoms with Crippen LogP contribution in [0.2, 0.25) is 0 Å². The molecule has 1 aliphatic carbocycles. The van der Waals surface area contributed by atoms with E-state index in [0.717, 1.165) is 36.8 Å². The van der Waals surface area contributed by atoms with E-state index in [0.29, 0.717) is 24.9 Å². The summed E-state index contributed by atoms with van der Waals surface area (Å²) >= 11 is 0. The zero-order chi connectivity index (χ0) is 22.7. The lowest BCUT2D eigenvalue weighted by molar-refractivity contribution is 0.0849. The second kappa shape index (κ2) is 9.73. The van der Waals surface area contributed by atoms with Crippen LogP contribution in [-0.2, 0) is 16.6 Å². The van der Waals surface area contributed by atoms with Crippen molar-refractivity contribution in [2.24, 2.45) is 0 Å². The van der Waals surface area contributed by atoms with Crippen LogP contribution in [0, 0.1) is 0 Å². The van der Waals surface area contributed by atoms with Crippen LogP contribution in [0.4, 0.5) is 0 Å². The monoisotopic (exact) mass is 456 g/mol. The molecule has 6 nitrogen and oxygen atoms in total. The Kier molecular flexibility index (Phi) is 6.98. The van der Waals surface area contributed by atoms with Crippen LogP contribution in [0.3, 0.4) is 0 Å². The normalized spacial score (nSPS) is 28.2. The Morgan fingerprint density at radius 2 is 1.75 bits per heavy atom. The van der Waals surface area contributed by atoms with Gasteiger partial charge in [0.1, 0.15) is 5.25 Å². The third kappa shape index (κ3) is 5.05. The van der Waals surface area contributed by atoms with Gasteiger partial charge in [-0.15, -0.1) is 0 Å². The highest BCUT2D eigenvalue weighted by molar-refractivity contribution is 7.89. The second-order valence-corrected chi connectivity index (χ2v) is 11.2. The maximum absolute atomic E-state index is 13.4. The standard InChI is InChI=1S/C25H32N2O4S/c1-18-10-15-24(20-6-3-2-4-7-20)32(30,31)27(18)17-19-11-13-21(14-12-19)25(29)26-22-8-5-9-23(28)16-22/h2-4,6-7,11-14,18,22-24,28H,5,8-10,15-17H2,1H3,(H,26,29)/t18-,22?,23?,24?/m0/s1. The molecule has 4 rings (SSSR count).